The average molecular weight is 450 g/mol. The molecular formula is C20H17ClFN3O4S. The summed E-state index contributed by atoms with van der Waals surface area (Å²) >= 11 is 5.95. The molecule has 2 heterocycles. The lowest BCUT2D eigenvalue weighted by Gasteiger charge is -2.20. The van der Waals surface area contributed by atoms with Gasteiger partial charge in [-0.1, -0.05) is 11.6 Å². The molecule has 0 bridgehead atoms. The van der Waals surface area contributed by atoms with Gasteiger partial charge < -0.3 is 14.8 Å². The van der Waals surface area contributed by atoms with E-state index in [0.29, 0.717) is 10.4 Å². The van der Waals surface area contributed by atoms with Crippen molar-refractivity contribution in [2.75, 3.05) is 17.6 Å². The summed E-state index contributed by atoms with van der Waals surface area (Å²) in [6, 6.07) is 7.31. The van der Waals surface area contributed by atoms with Gasteiger partial charge in [0.1, 0.15) is 11.3 Å². The van der Waals surface area contributed by atoms with Gasteiger partial charge in [-0.3, -0.25) is 9.29 Å². The van der Waals surface area contributed by atoms with Crippen LogP contribution in [-0.2, 0) is 16.6 Å². The van der Waals surface area contributed by atoms with Crippen molar-refractivity contribution in [3.63, 3.8) is 0 Å². The van der Waals surface area contributed by atoms with Crippen molar-refractivity contribution in [2.45, 2.75) is 6.54 Å². The first-order valence-corrected chi connectivity index (χ1v) is 11.0. The number of phenolic OH excluding ortho intramolecular Hbond substituents is 1. The number of anilines is 1. The van der Waals surface area contributed by atoms with Gasteiger partial charge in [0.15, 0.2) is 5.75 Å². The van der Waals surface area contributed by atoms with E-state index in [9.17, 15) is 23.0 Å². The van der Waals surface area contributed by atoms with Crippen molar-refractivity contribution in [1.82, 2.24) is 9.55 Å². The molecule has 0 aliphatic carbocycles. The van der Waals surface area contributed by atoms with Crippen LogP contribution in [0.15, 0.2) is 42.7 Å². The van der Waals surface area contributed by atoms with Gasteiger partial charge in [0.25, 0.3) is 0 Å². The molecular weight excluding hydrogens is 433 g/mol. The maximum absolute atomic E-state index is 14.2. The number of halogens is 2. The molecule has 0 radical (unpaired) electrons. The van der Waals surface area contributed by atoms with Crippen LogP contribution in [0.3, 0.4) is 0 Å². The van der Waals surface area contributed by atoms with Crippen LogP contribution in [-0.4, -0.2) is 41.5 Å². The number of fused-ring (bicyclic) bond motifs is 2. The first-order chi connectivity index (χ1) is 14.1. The molecule has 7 nitrogen and oxygen atoms in total. The minimum atomic E-state index is -3.67. The number of hydrogen-bond acceptors (Lipinski definition) is 5. The van der Waals surface area contributed by atoms with E-state index in [1.54, 1.807) is 12.1 Å². The number of sulfonamides is 1. The highest BCUT2D eigenvalue weighted by molar-refractivity contribution is 7.92. The molecule has 4 rings (SSSR count). The van der Waals surface area contributed by atoms with Gasteiger partial charge in [-0.2, -0.15) is 0 Å². The van der Waals surface area contributed by atoms with E-state index < -0.39 is 15.8 Å². The van der Waals surface area contributed by atoms with Gasteiger partial charge >= 0.3 is 0 Å². The molecule has 0 fully saturated rings. The van der Waals surface area contributed by atoms with E-state index in [-0.39, 0.29) is 45.7 Å². The van der Waals surface area contributed by atoms with E-state index in [2.05, 4.69) is 4.98 Å². The molecule has 0 aliphatic heterocycles. The molecule has 10 heteroatoms. The molecule has 0 saturated carbocycles. The maximum atomic E-state index is 14.2. The fourth-order valence-electron chi connectivity index (χ4n) is 3.48. The molecule has 0 saturated heterocycles. The number of phenols is 1. The first kappa shape index (κ1) is 20.2. The number of aromatic nitrogens is 2. The van der Waals surface area contributed by atoms with Crippen molar-refractivity contribution in [3.05, 3.63) is 59.1 Å². The highest BCUT2D eigenvalue weighted by atomic mass is 35.5. The number of hydrogen-bond donors (Lipinski definition) is 2. The lowest BCUT2D eigenvalue weighted by atomic mass is 10.1. The van der Waals surface area contributed by atoms with Gasteiger partial charge in [0.05, 0.1) is 23.9 Å². The quantitative estimate of drug-likeness (QED) is 0.493. The summed E-state index contributed by atoms with van der Waals surface area (Å²) in [5, 5.41) is 22.6. The Bertz CT molecular complexity index is 1420. The third kappa shape index (κ3) is 3.20. The van der Waals surface area contributed by atoms with Gasteiger partial charge in [-0.05, 0) is 30.3 Å². The zero-order chi connectivity index (χ0) is 21.8. The Kier molecular flexibility index (Phi) is 4.74. The molecule has 2 N–H and O–H groups in total. The van der Waals surface area contributed by atoms with E-state index >= 15 is 0 Å². The highest BCUT2D eigenvalue weighted by Gasteiger charge is 2.26. The number of aromatic hydroxyl groups is 2. The SMILES string of the molecule is CN(c1c2cccnc2c(O)c2c(O)n(Cc3cc(Cl)ccc3F)cc12)S(C)(=O)=O. The predicted molar refractivity (Wildman–Crippen MR) is 114 cm³/mol. The Morgan fingerprint density at radius 2 is 1.97 bits per heavy atom. The minimum absolute atomic E-state index is 0.0223. The van der Waals surface area contributed by atoms with Gasteiger partial charge in [-0.15, -0.1) is 0 Å². The molecule has 0 atom stereocenters. The fraction of sp³-hybridized carbons (Fsp3) is 0.150. The molecule has 2 aromatic carbocycles. The lowest BCUT2D eigenvalue weighted by Crippen LogP contribution is -2.25. The molecule has 156 valence electrons. The standard InChI is InChI=1S/C20H17ClFN3O4S/c1-24(30(2,28)29)18-13-4-3-7-23-17(13)19(26)16-14(18)10-25(20(16)27)9-11-8-12(21)5-6-15(11)22/h3-8,10,26-27H,9H2,1-2H3. The topological polar surface area (TPSA) is 95.7 Å². The van der Waals surface area contributed by atoms with Crippen molar-refractivity contribution in [2.24, 2.45) is 0 Å². The Labute approximate surface area is 176 Å². The normalized spacial score (nSPS) is 12.0. The van der Waals surface area contributed by atoms with Crippen molar-refractivity contribution in [1.29, 1.82) is 0 Å². The molecule has 0 aliphatic rings. The van der Waals surface area contributed by atoms with Crippen molar-refractivity contribution >= 4 is 49.0 Å². The van der Waals surface area contributed by atoms with Gasteiger partial charge in [0, 0.05) is 40.8 Å². The van der Waals surface area contributed by atoms with Crippen LogP contribution < -0.4 is 4.31 Å². The first-order valence-electron chi connectivity index (χ1n) is 8.79. The van der Waals surface area contributed by atoms with Crippen LogP contribution in [0.2, 0.25) is 5.02 Å². The molecule has 0 amide bonds. The Balaban J connectivity index is 2.05. The fourth-order valence-corrected chi connectivity index (χ4v) is 4.20. The van der Waals surface area contributed by atoms with Gasteiger partial charge in [0.2, 0.25) is 15.9 Å². The predicted octanol–water partition coefficient (Wildman–Crippen LogP) is 3.84. The molecule has 4 aromatic rings. The van der Waals surface area contributed by atoms with Crippen LogP contribution >= 0.6 is 11.6 Å². The number of rotatable bonds is 4. The number of nitrogens with zero attached hydrogens (tertiary/aromatic N) is 3. The second-order valence-corrected chi connectivity index (χ2v) is 9.38. The largest absolute Gasteiger partial charge is 0.505 e. The Hall–Kier alpha value is -3.04. The molecule has 30 heavy (non-hydrogen) atoms. The average Bonchev–Trinajstić information content (AvgIpc) is 3.00. The van der Waals surface area contributed by atoms with E-state index in [0.717, 1.165) is 10.6 Å². The van der Waals surface area contributed by atoms with Gasteiger partial charge in [-0.25, -0.2) is 12.8 Å². The molecule has 0 unspecified atom stereocenters. The van der Waals surface area contributed by atoms with Crippen LogP contribution in [0, 0.1) is 5.82 Å². The summed E-state index contributed by atoms with van der Waals surface area (Å²) in [6.07, 6.45) is 3.97. The summed E-state index contributed by atoms with van der Waals surface area (Å²) in [4.78, 5) is 4.15. The molecule has 0 spiro atoms. The van der Waals surface area contributed by atoms with Crippen molar-refractivity contribution in [3.8, 4) is 11.6 Å². The third-order valence-electron chi connectivity index (χ3n) is 4.99. The molecule has 2 aromatic heterocycles. The summed E-state index contributed by atoms with van der Waals surface area (Å²) in [7, 11) is -2.30. The summed E-state index contributed by atoms with van der Waals surface area (Å²) in [6.45, 7) is -0.0852. The number of pyridine rings is 1. The lowest BCUT2D eigenvalue weighted by molar-refractivity contribution is 0.424. The van der Waals surface area contributed by atoms with E-state index in [1.165, 1.54) is 42.2 Å². The van der Waals surface area contributed by atoms with Crippen LogP contribution in [0.5, 0.6) is 11.6 Å². The highest BCUT2D eigenvalue weighted by Crippen LogP contribution is 2.46. The van der Waals surface area contributed by atoms with Crippen LogP contribution in [0.4, 0.5) is 10.1 Å². The Morgan fingerprint density at radius 3 is 2.67 bits per heavy atom. The van der Waals surface area contributed by atoms with E-state index in [4.69, 9.17) is 11.6 Å². The summed E-state index contributed by atoms with van der Waals surface area (Å²) in [5.74, 6) is -1.16. The Morgan fingerprint density at radius 1 is 1.23 bits per heavy atom. The second kappa shape index (κ2) is 7.03. The van der Waals surface area contributed by atoms with Crippen molar-refractivity contribution < 1.29 is 23.0 Å². The minimum Gasteiger partial charge on any atom is -0.505 e. The smallest absolute Gasteiger partial charge is 0.232 e. The zero-order valence-electron chi connectivity index (χ0n) is 16.0. The summed E-state index contributed by atoms with van der Waals surface area (Å²) < 4.78 is 41.1. The van der Waals surface area contributed by atoms with Crippen LogP contribution in [0.25, 0.3) is 21.7 Å². The second-order valence-electron chi connectivity index (χ2n) is 6.93. The maximum Gasteiger partial charge on any atom is 0.232 e. The zero-order valence-corrected chi connectivity index (χ0v) is 17.5. The van der Waals surface area contributed by atoms with Crippen LogP contribution in [0.1, 0.15) is 5.56 Å². The monoisotopic (exact) mass is 449 g/mol. The third-order valence-corrected chi connectivity index (χ3v) is 6.40. The summed E-state index contributed by atoms with van der Waals surface area (Å²) in [5.41, 5.74) is 0.602. The number of benzene rings is 2. The van der Waals surface area contributed by atoms with E-state index in [1.807, 2.05) is 0 Å².